The van der Waals surface area contributed by atoms with Gasteiger partial charge in [-0.2, -0.15) is 0 Å². The Morgan fingerprint density at radius 1 is 0.370 bits per heavy atom. The largest absolute Gasteiger partial charge is 0.455 e. The van der Waals surface area contributed by atoms with Crippen molar-refractivity contribution in [2.45, 2.75) is 13.8 Å². The van der Waals surface area contributed by atoms with Crippen LogP contribution in [0.4, 0.5) is 0 Å². The van der Waals surface area contributed by atoms with Crippen molar-refractivity contribution in [3.63, 3.8) is 0 Å². The molecule has 54 heavy (non-hydrogen) atoms. The van der Waals surface area contributed by atoms with E-state index in [-0.39, 0.29) is 0 Å². The standard InChI is InChI=1S/C48H28N2OS.C2H6/c1-2-12-31(13-3-1)49-39-18-7-4-16-36(39)45-41(49)24-22-34-35-23-25-42-46(48(35)51-47(34)45)37-17-5-8-19-40(37)50(42)32-14-10-11-29(27-32)30-21-26-44-38(28-30)33-15-6-9-20-43(33)52-44;1-2/h1-28H;1-2H3. The Balaban J connectivity index is 0.00000168. The second-order valence-electron chi connectivity index (χ2n) is 13.7. The molecule has 0 aliphatic rings. The summed E-state index contributed by atoms with van der Waals surface area (Å²) in [5.74, 6) is 0. The zero-order valence-corrected chi connectivity index (χ0v) is 30.7. The molecule has 3 nitrogen and oxygen atoms in total. The number of para-hydroxylation sites is 3. The Bertz CT molecular complexity index is 3410. The van der Waals surface area contributed by atoms with Gasteiger partial charge < -0.3 is 13.6 Å². The number of furan rings is 1. The van der Waals surface area contributed by atoms with Gasteiger partial charge in [-0.1, -0.05) is 105 Å². The van der Waals surface area contributed by atoms with Crippen molar-refractivity contribution in [1.82, 2.24) is 9.13 Å². The van der Waals surface area contributed by atoms with Gasteiger partial charge in [0.05, 0.1) is 32.8 Å². The summed E-state index contributed by atoms with van der Waals surface area (Å²) in [4.78, 5) is 0. The van der Waals surface area contributed by atoms with Crippen LogP contribution in [0.2, 0.25) is 0 Å². The molecule has 0 aliphatic heterocycles. The Labute approximate surface area is 315 Å². The van der Waals surface area contributed by atoms with E-state index in [0.29, 0.717) is 0 Å². The lowest BCUT2D eigenvalue weighted by Gasteiger charge is -2.10. The molecule has 12 rings (SSSR count). The first kappa shape index (κ1) is 31.0. The molecule has 4 heterocycles. The van der Waals surface area contributed by atoms with Crippen LogP contribution in [0.25, 0.3) is 108 Å². The van der Waals surface area contributed by atoms with Crippen LogP contribution >= 0.6 is 11.3 Å². The van der Waals surface area contributed by atoms with Crippen molar-refractivity contribution in [2.75, 3.05) is 0 Å². The van der Waals surface area contributed by atoms with Crippen LogP contribution < -0.4 is 0 Å². The predicted octanol–water partition coefficient (Wildman–Crippen LogP) is 14.8. The van der Waals surface area contributed by atoms with E-state index >= 15 is 0 Å². The number of aromatic nitrogens is 2. The molecule has 256 valence electrons. The summed E-state index contributed by atoms with van der Waals surface area (Å²) in [5.41, 5.74) is 11.1. The zero-order chi connectivity index (χ0) is 35.9. The van der Waals surface area contributed by atoms with Crippen LogP contribution in [0, 0.1) is 0 Å². The maximum atomic E-state index is 7.13. The molecule has 0 unspecified atom stereocenters. The van der Waals surface area contributed by atoms with Gasteiger partial charge in [-0.3, -0.25) is 0 Å². The molecule has 0 bridgehead atoms. The second-order valence-corrected chi connectivity index (χ2v) is 14.8. The fourth-order valence-electron chi connectivity index (χ4n) is 8.66. The molecule has 0 aliphatic carbocycles. The number of fused-ring (bicyclic) bond motifs is 14. The van der Waals surface area contributed by atoms with Crippen molar-refractivity contribution in [1.29, 1.82) is 0 Å². The minimum absolute atomic E-state index is 0.928. The highest BCUT2D eigenvalue weighted by Crippen LogP contribution is 2.45. The third-order valence-corrected chi connectivity index (χ3v) is 12.1. The molecule has 0 amide bonds. The molecule has 8 aromatic carbocycles. The maximum absolute atomic E-state index is 7.13. The molecule has 0 saturated carbocycles. The average molecular weight is 711 g/mol. The second kappa shape index (κ2) is 12.0. The van der Waals surface area contributed by atoms with E-state index in [1.807, 2.05) is 25.2 Å². The van der Waals surface area contributed by atoms with Gasteiger partial charge in [-0.25, -0.2) is 0 Å². The van der Waals surface area contributed by atoms with E-state index < -0.39 is 0 Å². The number of hydrogen-bond acceptors (Lipinski definition) is 2. The SMILES string of the molecule is CC.c1ccc(-n2c3ccccc3c3c4oc5c(ccc6c5c5ccccc5n6-c5cccc(-c6ccc7sc8ccccc8c7c6)c5)c4ccc32)cc1. The maximum Gasteiger partial charge on any atom is 0.145 e. The topological polar surface area (TPSA) is 23.0 Å². The van der Waals surface area contributed by atoms with E-state index in [1.54, 1.807) is 0 Å². The summed E-state index contributed by atoms with van der Waals surface area (Å²) >= 11 is 1.86. The van der Waals surface area contributed by atoms with Crippen molar-refractivity contribution < 1.29 is 4.42 Å². The van der Waals surface area contributed by atoms with Crippen LogP contribution in [0.15, 0.2) is 174 Å². The summed E-state index contributed by atoms with van der Waals surface area (Å²) in [6.07, 6.45) is 0. The smallest absolute Gasteiger partial charge is 0.145 e. The normalized spacial score (nSPS) is 11.9. The van der Waals surface area contributed by atoms with Crippen molar-refractivity contribution >= 4 is 97.1 Å². The molecule has 0 atom stereocenters. The predicted molar refractivity (Wildman–Crippen MR) is 232 cm³/mol. The lowest BCUT2D eigenvalue weighted by atomic mass is 10.0. The van der Waals surface area contributed by atoms with Gasteiger partial charge in [0.1, 0.15) is 11.2 Å². The molecule has 0 radical (unpaired) electrons. The highest BCUT2D eigenvalue weighted by Gasteiger charge is 2.22. The fourth-order valence-corrected chi connectivity index (χ4v) is 9.75. The van der Waals surface area contributed by atoms with Gasteiger partial charge in [0.25, 0.3) is 0 Å². The Morgan fingerprint density at radius 3 is 1.59 bits per heavy atom. The number of rotatable bonds is 3. The lowest BCUT2D eigenvalue weighted by Crippen LogP contribution is -1.94. The van der Waals surface area contributed by atoms with Gasteiger partial charge in [0.15, 0.2) is 0 Å². The average Bonchev–Trinajstić information content (AvgIpc) is 3.99. The van der Waals surface area contributed by atoms with E-state index in [2.05, 4.69) is 179 Å². The molecule has 0 fully saturated rings. The molecule has 4 aromatic heterocycles. The third kappa shape index (κ3) is 4.35. The molecular weight excluding hydrogens is 677 g/mol. The summed E-state index contributed by atoms with van der Waals surface area (Å²) in [6, 6.07) is 61.6. The highest BCUT2D eigenvalue weighted by molar-refractivity contribution is 7.25. The first-order valence-corrected chi connectivity index (χ1v) is 19.5. The van der Waals surface area contributed by atoms with Crippen LogP contribution in [-0.2, 0) is 0 Å². The lowest BCUT2D eigenvalue weighted by molar-refractivity contribution is 0.677. The summed E-state index contributed by atoms with van der Waals surface area (Å²) in [5, 5.41) is 9.56. The monoisotopic (exact) mass is 710 g/mol. The third-order valence-electron chi connectivity index (χ3n) is 10.9. The first-order chi connectivity index (χ1) is 26.8. The molecule has 0 spiro atoms. The van der Waals surface area contributed by atoms with Crippen LogP contribution in [0.1, 0.15) is 13.8 Å². The van der Waals surface area contributed by atoms with Gasteiger partial charge in [-0.05, 0) is 90.0 Å². The van der Waals surface area contributed by atoms with E-state index in [1.165, 1.54) is 47.6 Å². The van der Waals surface area contributed by atoms with Gasteiger partial charge in [0, 0.05) is 53.1 Å². The molecule has 0 N–H and O–H groups in total. The summed E-state index contributed by atoms with van der Waals surface area (Å²) in [6.45, 7) is 4.00. The fraction of sp³-hybridized carbons (Fsp3) is 0.0400. The number of thiophene rings is 1. The molecule has 4 heteroatoms. The van der Waals surface area contributed by atoms with Crippen molar-refractivity contribution in [3.05, 3.63) is 170 Å². The van der Waals surface area contributed by atoms with Crippen molar-refractivity contribution in [3.8, 4) is 22.5 Å². The Hall–Kier alpha value is -6.62. The Morgan fingerprint density at radius 2 is 0.907 bits per heavy atom. The quantitative estimate of drug-likeness (QED) is 0.179. The minimum atomic E-state index is 0.928. The first-order valence-electron chi connectivity index (χ1n) is 18.7. The van der Waals surface area contributed by atoms with Crippen molar-refractivity contribution in [2.24, 2.45) is 0 Å². The number of hydrogen-bond donors (Lipinski definition) is 0. The van der Waals surface area contributed by atoms with Crippen LogP contribution in [0.5, 0.6) is 0 Å². The van der Waals surface area contributed by atoms with Gasteiger partial charge in [-0.15, -0.1) is 11.3 Å². The van der Waals surface area contributed by atoms with Crippen LogP contribution in [0.3, 0.4) is 0 Å². The summed E-state index contributed by atoms with van der Waals surface area (Å²) in [7, 11) is 0. The number of benzene rings is 8. The van der Waals surface area contributed by atoms with Crippen LogP contribution in [-0.4, -0.2) is 9.13 Å². The zero-order valence-electron chi connectivity index (χ0n) is 29.9. The summed E-state index contributed by atoms with van der Waals surface area (Å²) < 4.78 is 14.5. The molecular formula is C50H34N2OS. The van der Waals surface area contributed by atoms with Gasteiger partial charge in [0.2, 0.25) is 0 Å². The Kier molecular flexibility index (Phi) is 6.85. The molecule has 0 saturated heterocycles. The highest BCUT2D eigenvalue weighted by atomic mass is 32.1. The minimum Gasteiger partial charge on any atom is -0.455 e. The van der Waals surface area contributed by atoms with Gasteiger partial charge >= 0.3 is 0 Å². The van der Waals surface area contributed by atoms with E-state index in [0.717, 1.165) is 60.6 Å². The molecule has 12 aromatic rings. The van der Waals surface area contributed by atoms with E-state index in [9.17, 15) is 0 Å². The number of nitrogens with zero attached hydrogens (tertiary/aromatic N) is 2. The van der Waals surface area contributed by atoms with E-state index in [4.69, 9.17) is 4.42 Å².